The molecule has 0 rings (SSSR count). The molecule has 16 heavy (non-hydrogen) atoms. The average molecular weight is 230 g/mol. The highest BCUT2D eigenvalue weighted by Gasteiger charge is 2.21. The Hall–Kier alpha value is -1.10. The van der Waals surface area contributed by atoms with Crippen molar-refractivity contribution in [3.8, 4) is 0 Å². The molecule has 5 nitrogen and oxygen atoms in total. The van der Waals surface area contributed by atoms with E-state index < -0.39 is 12.0 Å². The Kier molecular flexibility index (Phi) is 6.72. The second kappa shape index (κ2) is 7.22. The van der Waals surface area contributed by atoms with Crippen LogP contribution in [0.4, 0.5) is 0 Å². The van der Waals surface area contributed by atoms with Gasteiger partial charge in [-0.3, -0.25) is 4.79 Å². The molecule has 2 atom stereocenters. The molecule has 0 aliphatic rings. The zero-order chi connectivity index (χ0) is 12.7. The summed E-state index contributed by atoms with van der Waals surface area (Å²) in [5.41, 5.74) is 5.62. The monoisotopic (exact) mass is 230 g/mol. The summed E-state index contributed by atoms with van der Waals surface area (Å²) in [6.45, 7) is 5.72. The minimum Gasteiger partial charge on any atom is -0.480 e. The van der Waals surface area contributed by atoms with Gasteiger partial charge in [0.05, 0.1) is 0 Å². The highest BCUT2D eigenvalue weighted by molar-refractivity contribution is 5.83. The van der Waals surface area contributed by atoms with E-state index in [1.807, 2.05) is 20.8 Å². The first-order valence-corrected chi connectivity index (χ1v) is 5.64. The molecule has 0 aromatic carbocycles. The van der Waals surface area contributed by atoms with Crippen LogP contribution in [0.15, 0.2) is 0 Å². The molecule has 5 heteroatoms. The lowest BCUT2D eigenvalue weighted by molar-refractivity contribution is -0.142. The molecule has 0 fully saturated rings. The summed E-state index contributed by atoms with van der Waals surface area (Å²) < 4.78 is 0. The maximum Gasteiger partial charge on any atom is 0.326 e. The van der Waals surface area contributed by atoms with Gasteiger partial charge >= 0.3 is 5.97 Å². The van der Waals surface area contributed by atoms with E-state index in [1.165, 1.54) is 0 Å². The van der Waals surface area contributed by atoms with Crippen molar-refractivity contribution < 1.29 is 14.7 Å². The third-order valence-electron chi connectivity index (χ3n) is 2.31. The molecule has 0 aliphatic heterocycles. The van der Waals surface area contributed by atoms with Gasteiger partial charge in [-0.1, -0.05) is 20.8 Å². The van der Waals surface area contributed by atoms with Gasteiger partial charge in [-0.2, -0.15) is 0 Å². The molecule has 0 aromatic heterocycles. The van der Waals surface area contributed by atoms with Crippen LogP contribution < -0.4 is 11.1 Å². The van der Waals surface area contributed by atoms with Gasteiger partial charge in [0.15, 0.2) is 0 Å². The summed E-state index contributed by atoms with van der Waals surface area (Å²) >= 11 is 0. The molecule has 0 spiro atoms. The number of carboxylic acids is 1. The summed E-state index contributed by atoms with van der Waals surface area (Å²) in [4.78, 5) is 22.3. The van der Waals surface area contributed by atoms with Crippen molar-refractivity contribution in [3.05, 3.63) is 0 Å². The van der Waals surface area contributed by atoms with Crippen LogP contribution in [-0.2, 0) is 9.59 Å². The summed E-state index contributed by atoms with van der Waals surface area (Å²) in [5, 5.41) is 11.4. The van der Waals surface area contributed by atoms with E-state index in [9.17, 15) is 9.59 Å². The maximum atomic E-state index is 11.5. The zero-order valence-corrected chi connectivity index (χ0v) is 10.2. The second-order valence-corrected chi connectivity index (χ2v) is 4.46. The van der Waals surface area contributed by atoms with Crippen LogP contribution in [0.5, 0.6) is 0 Å². The van der Waals surface area contributed by atoms with Crippen molar-refractivity contribution in [2.45, 2.75) is 52.1 Å². The topological polar surface area (TPSA) is 92.4 Å². The molecule has 0 heterocycles. The Balaban J connectivity index is 4.18. The molecular weight excluding hydrogens is 208 g/mol. The number of carbonyl (C=O) groups is 2. The molecule has 94 valence electrons. The Morgan fingerprint density at radius 2 is 1.94 bits per heavy atom. The second-order valence-electron chi connectivity index (χ2n) is 4.46. The lowest BCUT2D eigenvalue weighted by Crippen LogP contribution is -2.43. The highest BCUT2D eigenvalue weighted by atomic mass is 16.4. The van der Waals surface area contributed by atoms with E-state index in [2.05, 4.69) is 5.32 Å². The fourth-order valence-corrected chi connectivity index (χ4v) is 1.33. The number of rotatable bonds is 7. The molecule has 0 aromatic rings. The molecule has 0 aliphatic carbocycles. The number of amides is 1. The zero-order valence-electron chi connectivity index (χ0n) is 10.2. The summed E-state index contributed by atoms with van der Waals surface area (Å²) in [6, 6.07) is -1.01. The standard InChI is InChI=1S/C11H22N2O3/c1-4-8(12)6-10(14)13-9(11(15)16)5-7(2)3/h7-9H,4-6,12H2,1-3H3,(H,13,14)(H,15,16). The third kappa shape index (κ3) is 6.40. The first-order chi connectivity index (χ1) is 7.36. The van der Waals surface area contributed by atoms with Crippen molar-refractivity contribution in [1.29, 1.82) is 0 Å². The lowest BCUT2D eigenvalue weighted by Gasteiger charge is -2.17. The van der Waals surface area contributed by atoms with Crippen LogP contribution in [0.25, 0.3) is 0 Å². The van der Waals surface area contributed by atoms with E-state index in [4.69, 9.17) is 10.8 Å². The molecule has 0 bridgehead atoms. The first kappa shape index (κ1) is 14.9. The molecule has 2 unspecified atom stereocenters. The SMILES string of the molecule is CCC(N)CC(=O)NC(CC(C)C)C(=O)O. The minimum absolute atomic E-state index is 0.179. The molecule has 0 radical (unpaired) electrons. The van der Waals surface area contributed by atoms with E-state index in [0.29, 0.717) is 12.8 Å². The highest BCUT2D eigenvalue weighted by Crippen LogP contribution is 2.05. The molecule has 1 amide bonds. The normalized spacial score (nSPS) is 14.6. The minimum atomic E-state index is -0.993. The van der Waals surface area contributed by atoms with Crippen molar-refractivity contribution in [2.24, 2.45) is 11.7 Å². The van der Waals surface area contributed by atoms with Crippen molar-refractivity contribution >= 4 is 11.9 Å². The average Bonchev–Trinajstić information content (AvgIpc) is 2.15. The predicted molar refractivity (Wildman–Crippen MR) is 61.9 cm³/mol. The van der Waals surface area contributed by atoms with E-state index >= 15 is 0 Å². The number of aliphatic carboxylic acids is 1. The van der Waals surface area contributed by atoms with Gasteiger partial charge in [-0.25, -0.2) is 4.79 Å². The van der Waals surface area contributed by atoms with Gasteiger partial charge in [-0.15, -0.1) is 0 Å². The quantitative estimate of drug-likeness (QED) is 0.601. The summed E-state index contributed by atoms with van der Waals surface area (Å²) in [5.74, 6) is -1.06. The molecule has 0 saturated carbocycles. The van der Waals surface area contributed by atoms with Gasteiger partial charge in [0.1, 0.15) is 6.04 Å². The van der Waals surface area contributed by atoms with Gasteiger partial charge in [0, 0.05) is 12.5 Å². The summed E-state index contributed by atoms with van der Waals surface area (Å²) in [7, 11) is 0. The van der Waals surface area contributed by atoms with Crippen molar-refractivity contribution in [1.82, 2.24) is 5.32 Å². The predicted octanol–water partition coefficient (Wildman–Crippen LogP) is 0.729. The van der Waals surface area contributed by atoms with Crippen LogP contribution in [0.3, 0.4) is 0 Å². The smallest absolute Gasteiger partial charge is 0.326 e. The first-order valence-electron chi connectivity index (χ1n) is 5.64. The number of nitrogens with two attached hydrogens (primary N) is 1. The molecular formula is C11H22N2O3. The largest absolute Gasteiger partial charge is 0.480 e. The van der Waals surface area contributed by atoms with Crippen molar-refractivity contribution in [3.63, 3.8) is 0 Å². The number of hydrogen-bond acceptors (Lipinski definition) is 3. The Morgan fingerprint density at radius 3 is 2.31 bits per heavy atom. The van der Waals surface area contributed by atoms with Crippen LogP contribution in [0.2, 0.25) is 0 Å². The Labute approximate surface area is 96.4 Å². The van der Waals surface area contributed by atoms with Gasteiger partial charge in [0.2, 0.25) is 5.91 Å². The van der Waals surface area contributed by atoms with Crippen LogP contribution in [0, 0.1) is 5.92 Å². The van der Waals surface area contributed by atoms with Crippen molar-refractivity contribution in [2.75, 3.05) is 0 Å². The summed E-state index contributed by atoms with van der Waals surface area (Å²) in [6.07, 6.45) is 1.32. The lowest BCUT2D eigenvalue weighted by atomic mass is 10.0. The Morgan fingerprint density at radius 1 is 1.38 bits per heavy atom. The fourth-order valence-electron chi connectivity index (χ4n) is 1.33. The van der Waals surface area contributed by atoms with Crippen LogP contribution in [-0.4, -0.2) is 29.1 Å². The van der Waals surface area contributed by atoms with E-state index in [0.717, 1.165) is 0 Å². The van der Waals surface area contributed by atoms with Crippen LogP contribution >= 0.6 is 0 Å². The van der Waals surface area contributed by atoms with E-state index in [1.54, 1.807) is 0 Å². The van der Waals surface area contributed by atoms with Crippen LogP contribution in [0.1, 0.15) is 40.0 Å². The fraction of sp³-hybridized carbons (Fsp3) is 0.818. The Bertz CT molecular complexity index is 241. The number of carbonyl (C=O) groups excluding carboxylic acids is 1. The number of carboxylic acid groups (broad SMARTS) is 1. The maximum absolute atomic E-state index is 11.5. The number of hydrogen-bond donors (Lipinski definition) is 3. The van der Waals surface area contributed by atoms with Gasteiger partial charge in [-0.05, 0) is 18.8 Å². The number of nitrogens with one attached hydrogen (secondary N) is 1. The molecule has 4 N–H and O–H groups in total. The van der Waals surface area contributed by atoms with Gasteiger partial charge < -0.3 is 16.2 Å². The van der Waals surface area contributed by atoms with Gasteiger partial charge in [0.25, 0.3) is 0 Å². The third-order valence-corrected chi connectivity index (χ3v) is 2.31. The van der Waals surface area contributed by atoms with E-state index in [-0.39, 0.29) is 24.3 Å². The molecule has 0 saturated heterocycles.